The van der Waals surface area contributed by atoms with E-state index in [0.29, 0.717) is 5.41 Å². The van der Waals surface area contributed by atoms with E-state index >= 15 is 0 Å². The number of hydrogen-bond acceptors (Lipinski definition) is 2. The largest absolute Gasteiger partial charge is 0.271 e. The van der Waals surface area contributed by atoms with Crippen LogP contribution in [0, 0.1) is 11.2 Å². The van der Waals surface area contributed by atoms with Crippen molar-refractivity contribution in [2.75, 3.05) is 0 Å². The lowest BCUT2D eigenvalue weighted by Crippen LogP contribution is -2.42. The molecule has 16 heavy (non-hydrogen) atoms. The van der Waals surface area contributed by atoms with E-state index in [4.69, 9.17) is 5.84 Å². The molecule has 0 bridgehead atoms. The molecule has 3 N–H and O–H groups in total. The average Bonchev–Trinajstić information content (AvgIpc) is 2.96. The second-order valence-electron chi connectivity index (χ2n) is 4.81. The van der Waals surface area contributed by atoms with Gasteiger partial charge in [-0.2, -0.15) is 0 Å². The van der Waals surface area contributed by atoms with Crippen LogP contribution in [0.3, 0.4) is 0 Å². The molecule has 1 atom stereocenters. The molecule has 0 amide bonds. The Morgan fingerprint density at radius 3 is 2.75 bits per heavy atom. The van der Waals surface area contributed by atoms with Gasteiger partial charge in [-0.25, -0.2) is 4.39 Å². The van der Waals surface area contributed by atoms with Crippen molar-refractivity contribution in [1.29, 1.82) is 0 Å². The van der Waals surface area contributed by atoms with E-state index < -0.39 is 0 Å². The number of nitrogens with two attached hydrogens (primary N) is 1. The summed E-state index contributed by atoms with van der Waals surface area (Å²) in [5.41, 5.74) is 4.28. The summed E-state index contributed by atoms with van der Waals surface area (Å²) < 4.78 is 13.8. The molecule has 0 radical (unpaired) electrons. The topological polar surface area (TPSA) is 38.0 Å². The van der Waals surface area contributed by atoms with Gasteiger partial charge in [0.1, 0.15) is 5.82 Å². The van der Waals surface area contributed by atoms with Crippen LogP contribution in [0.4, 0.5) is 4.39 Å². The van der Waals surface area contributed by atoms with Crippen molar-refractivity contribution in [2.24, 2.45) is 11.3 Å². The number of halogens is 2. The van der Waals surface area contributed by atoms with Gasteiger partial charge in [-0.05, 0) is 42.4 Å². The summed E-state index contributed by atoms with van der Waals surface area (Å²) in [6, 6.07) is 5.06. The summed E-state index contributed by atoms with van der Waals surface area (Å²) in [6.45, 7) is 2.23. The highest BCUT2D eigenvalue weighted by molar-refractivity contribution is 9.10. The minimum absolute atomic E-state index is 0.217. The Bertz CT molecular complexity index is 391. The molecule has 1 aromatic carbocycles. The lowest BCUT2D eigenvalue weighted by atomic mass is 9.93. The first-order valence-electron chi connectivity index (χ1n) is 5.45. The van der Waals surface area contributed by atoms with Crippen LogP contribution in [0.15, 0.2) is 22.7 Å². The van der Waals surface area contributed by atoms with Crippen LogP contribution in [0.25, 0.3) is 0 Å². The van der Waals surface area contributed by atoms with Crippen molar-refractivity contribution < 1.29 is 4.39 Å². The molecule has 4 heteroatoms. The van der Waals surface area contributed by atoms with Crippen molar-refractivity contribution in [3.63, 3.8) is 0 Å². The zero-order valence-corrected chi connectivity index (χ0v) is 10.8. The fourth-order valence-corrected chi connectivity index (χ4v) is 2.47. The van der Waals surface area contributed by atoms with E-state index in [0.717, 1.165) is 16.5 Å². The SMILES string of the molecule is CC1(C(Cc2ccc(F)cc2Br)NN)CC1. The van der Waals surface area contributed by atoms with E-state index in [-0.39, 0.29) is 11.9 Å². The van der Waals surface area contributed by atoms with Gasteiger partial charge in [0.25, 0.3) is 0 Å². The van der Waals surface area contributed by atoms with Gasteiger partial charge in [0.15, 0.2) is 0 Å². The van der Waals surface area contributed by atoms with Crippen molar-refractivity contribution >= 4 is 15.9 Å². The molecular weight excluding hydrogens is 271 g/mol. The number of nitrogens with one attached hydrogen (secondary N) is 1. The normalized spacial score (nSPS) is 19.5. The number of benzene rings is 1. The van der Waals surface area contributed by atoms with Crippen molar-refractivity contribution in [3.8, 4) is 0 Å². The van der Waals surface area contributed by atoms with Crippen LogP contribution >= 0.6 is 15.9 Å². The molecule has 1 aliphatic carbocycles. The predicted octanol–water partition coefficient (Wildman–Crippen LogP) is 2.76. The van der Waals surface area contributed by atoms with Gasteiger partial charge < -0.3 is 0 Å². The van der Waals surface area contributed by atoms with Crippen molar-refractivity contribution in [1.82, 2.24) is 5.43 Å². The maximum atomic E-state index is 12.9. The summed E-state index contributed by atoms with van der Waals surface area (Å²) in [5.74, 6) is 5.37. The van der Waals surface area contributed by atoms with Gasteiger partial charge >= 0.3 is 0 Å². The van der Waals surface area contributed by atoms with Crippen molar-refractivity contribution in [3.05, 3.63) is 34.1 Å². The zero-order valence-electron chi connectivity index (χ0n) is 9.26. The second kappa shape index (κ2) is 4.43. The second-order valence-corrected chi connectivity index (χ2v) is 5.67. The number of hydrazine groups is 1. The summed E-state index contributed by atoms with van der Waals surface area (Å²) in [5, 5.41) is 0. The van der Waals surface area contributed by atoms with E-state index in [2.05, 4.69) is 28.3 Å². The Balaban J connectivity index is 2.13. The standard InChI is InChI=1S/C12H16BrFN2/c1-12(4-5-12)11(16-15)6-8-2-3-9(14)7-10(8)13/h2-3,7,11,16H,4-6,15H2,1H3. The molecule has 1 aliphatic rings. The molecule has 0 heterocycles. The molecule has 88 valence electrons. The molecule has 1 unspecified atom stereocenters. The average molecular weight is 287 g/mol. The minimum Gasteiger partial charge on any atom is -0.271 e. The van der Waals surface area contributed by atoms with Crippen LogP contribution in [0.1, 0.15) is 25.3 Å². The van der Waals surface area contributed by atoms with Gasteiger partial charge in [-0.3, -0.25) is 11.3 Å². The molecule has 1 saturated carbocycles. The van der Waals surface area contributed by atoms with Gasteiger partial charge in [0, 0.05) is 10.5 Å². The smallest absolute Gasteiger partial charge is 0.124 e. The lowest BCUT2D eigenvalue weighted by Gasteiger charge is -2.23. The monoisotopic (exact) mass is 286 g/mol. The lowest BCUT2D eigenvalue weighted by molar-refractivity contribution is 0.359. The van der Waals surface area contributed by atoms with Crippen LogP contribution in [-0.2, 0) is 6.42 Å². The van der Waals surface area contributed by atoms with E-state index in [1.165, 1.54) is 25.0 Å². The van der Waals surface area contributed by atoms with Gasteiger partial charge in [0.2, 0.25) is 0 Å². The molecule has 2 rings (SSSR count). The third-order valence-corrected chi connectivity index (χ3v) is 4.26. The Morgan fingerprint density at radius 1 is 1.56 bits per heavy atom. The highest BCUT2D eigenvalue weighted by Gasteiger charge is 2.44. The van der Waals surface area contributed by atoms with Gasteiger partial charge in [-0.15, -0.1) is 0 Å². The first-order valence-corrected chi connectivity index (χ1v) is 6.24. The quantitative estimate of drug-likeness (QED) is 0.660. The fourth-order valence-electron chi connectivity index (χ4n) is 1.96. The fraction of sp³-hybridized carbons (Fsp3) is 0.500. The molecule has 0 spiro atoms. The summed E-state index contributed by atoms with van der Waals surface area (Å²) in [4.78, 5) is 0. The molecule has 1 aromatic rings. The first kappa shape index (κ1) is 12.0. The molecule has 2 nitrogen and oxygen atoms in total. The number of hydrogen-bond donors (Lipinski definition) is 2. The molecule has 0 saturated heterocycles. The maximum Gasteiger partial charge on any atom is 0.124 e. The Kier molecular flexibility index (Phi) is 3.33. The highest BCUT2D eigenvalue weighted by Crippen LogP contribution is 2.48. The van der Waals surface area contributed by atoms with Gasteiger partial charge in [0.05, 0.1) is 0 Å². The van der Waals surface area contributed by atoms with E-state index in [9.17, 15) is 4.39 Å². The van der Waals surface area contributed by atoms with Crippen LogP contribution in [0.5, 0.6) is 0 Å². The maximum absolute atomic E-state index is 12.9. The third-order valence-electron chi connectivity index (χ3n) is 3.52. The third kappa shape index (κ3) is 2.44. The Hall–Kier alpha value is -0.450. The first-order chi connectivity index (χ1) is 7.55. The highest BCUT2D eigenvalue weighted by atomic mass is 79.9. The van der Waals surface area contributed by atoms with Crippen LogP contribution < -0.4 is 11.3 Å². The summed E-state index contributed by atoms with van der Waals surface area (Å²) >= 11 is 3.38. The van der Waals surface area contributed by atoms with Crippen molar-refractivity contribution in [2.45, 2.75) is 32.2 Å². The Morgan fingerprint density at radius 2 is 2.25 bits per heavy atom. The molecule has 0 aliphatic heterocycles. The summed E-state index contributed by atoms with van der Waals surface area (Å²) in [6.07, 6.45) is 3.25. The molecule has 0 aromatic heterocycles. The minimum atomic E-state index is -0.217. The van der Waals surface area contributed by atoms with Crippen LogP contribution in [0.2, 0.25) is 0 Å². The van der Waals surface area contributed by atoms with Crippen LogP contribution in [-0.4, -0.2) is 6.04 Å². The predicted molar refractivity (Wildman–Crippen MR) is 66.3 cm³/mol. The number of rotatable bonds is 4. The zero-order chi connectivity index (χ0) is 11.8. The van der Waals surface area contributed by atoms with E-state index in [1.807, 2.05) is 6.07 Å². The van der Waals surface area contributed by atoms with Gasteiger partial charge in [-0.1, -0.05) is 28.9 Å². The Labute approximate surface area is 104 Å². The summed E-state index contributed by atoms with van der Waals surface area (Å²) in [7, 11) is 0. The molecule has 1 fully saturated rings. The molecular formula is C12H16BrFN2. The van der Waals surface area contributed by atoms with E-state index in [1.54, 1.807) is 0 Å².